The van der Waals surface area contributed by atoms with Gasteiger partial charge in [0, 0.05) is 17.8 Å². The van der Waals surface area contributed by atoms with E-state index in [0.717, 1.165) is 50.9 Å². The molecule has 1 aliphatic carbocycles. The largest absolute Gasteiger partial charge is 0.340 e. The third-order valence-electron chi connectivity index (χ3n) is 7.09. The molecule has 1 N–H and O–H groups in total. The van der Waals surface area contributed by atoms with Gasteiger partial charge in [-0.2, -0.15) is 0 Å². The average Bonchev–Trinajstić information content (AvgIpc) is 3.15. The van der Waals surface area contributed by atoms with Crippen LogP contribution >= 0.6 is 0 Å². The third kappa shape index (κ3) is 4.80. The van der Waals surface area contributed by atoms with Gasteiger partial charge in [0.1, 0.15) is 5.84 Å². The van der Waals surface area contributed by atoms with Gasteiger partial charge in [0.15, 0.2) is 0 Å². The van der Waals surface area contributed by atoms with Crippen LogP contribution in [0.5, 0.6) is 0 Å². The molecule has 168 valence electrons. The molecular weight excluding hydrogens is 400 g/mol. The molecule has 0 spiro atoms. The van der Waals surface area contributed by atoms with Crippen LogP contribution in [0.3, 0.4) is 0 Å². The molecule has 0 unspecified atom stereocenters. The Balaban J connectivity index is 1.37. The number of anilines is 1. The second kappa shape index (κ2) is 9.79. The van der Waals surface area contributed by atoms with E-state index in [0.29, 0.717) is 0 Å². The standard InChI is InChI=1S/C31H34N2/c1-3-22-17-26-13-14-27(21-28(26)18-22)31-32-16-15-29-25(4-2)19-24(20-30(29)33-31)12-8-11-23-9-6-5-7-10-23/h5-7,9-10,13-14,18-21H,3-4,8,11-12,15-17H2,1-2H3,(H,32,33). The van der Waals surface area contributed by atoms with Crippen LogP contribution in [-0.2, 0) is 32.1 Å². The molecular formula is C31H34N2. The zero-order valence-corrected chi connectivity index (χ0v) is 20.0. The van der Waals surface area contributed by atoms with Gasteiger partial charge in [0.25, 0.3) is 0 Å². The van der Waals surface area contributed by atoms with E-state index in [1.807, 2.05) is 0 Å². The maximum Gasteiger partial charge on any atom is 0.132 e. The second-order valence-corrected chi connectivity index (χ2v) is 9.33. The molecule has 3 aromatic carbocycles. The summed E-state index contributed by atoms with van der Waals surface area (Å²) >= 11 is 0. The summed E-state index contributed by atoms with van der Waals surface area (Å²) < 4.78 is 0. The molecule has 1 aliphatic heterocycles. The zero-order valence-electron chi connectivity index (χ0n) is 20.0. The van der Waals surface area contributed by atoms with Crippen molar-refractivity contribution in [2.45, 2.75) is 58.8 Å². The predicted octanol–water partition coefficient (Wildman–Crippen LogP) is 7.19. The molecule has 1 heterocycles. The fourth-order valence-corrected chi connectivity index (χ4v) is 5.20. The van der Waals surface area contributed by atoms with Crippen molar-refractivity contribution in [2.75, 3.05) is 11.9 Å². The molecule has 0 aromatic heterocycles. The summed E-state index contributed by atoms with van der Waals surface area (Å²) in [6, 6.07) is 22.5. The molecule has 0 atom stereocenters. The summed E-state index contributed by atoms with van der Waals surface area (Å²) in [5.74, 6) is 1.01. The first-order valence-electron chi connectivity index (χ1n) is 12.6. The van der Waals surface area contributed by atoms with E-state index < -0.39 is 0 Å². The van der Waals surface area contributed by atoms with Crippen molar-refractivity contribution in [1.82, 2.24) is 0 Å². The summed E-state index contributed by atoms with van der Waals surface area (Å²) in [5.41, 5.74) is 12.5. The number of fused-ring (bicyclic) bond motifs is 2. The van der Waals surface area contributed by atoms with Crippen LogP contribution < -0.4 is 5.32 Å². The summed E-state index contributed by atoms with van der Waals surface area (Å²) in [4.78, 5) is 4.96. The molecule has 0 saturated heterocycles. The van der Waals surface area contributed by atoms with Crippen molar-refractivity contribution < 1.29 is 0 Å². The maximum absolute atomic E-state index is 4.96. The molecule has 0 bridgehead atoms. The SMILES string of the molecule is CCC1=Cc2cc(C3=NCCc4c(CC)cc(CCCc5ccccc5)cc4N3)ccc2C1. The summed E-state index contributed by atoms with van der Waals surface area (Å²) in [6.07, 6.45) is 10.1. The molecule has 5 rings (SSSR count). The van der Waals surface area contributed by atoms with Crippen molar-refractivity contribution in [1.29, 1.82) is 0 Å². The fraction of sp³-hybridized carbons (Fsp3) is 0.323. The van der Waals surface area contributed by atoms with E-state index in [9.17, 15) is 0 Å². The quantitative estimate of drug-likeness (QED) is 0.418. The highest BCUT2D eigenvalue weighted by Gasteiger charge is 2.18. The first-order valence-corrected chi connectivity index (χ1v) is 12.6. The van der Waals surface area contributed by atoms with Crippen molar-refractivity contribution in [2.24, 2.45) is 4.99 Å². The van der Waals surface area contributed by atoms with Crippen molar-refractivity contribution >= 4 is 17.6 Å². The van der Waals surface area contributed by atoms with Gasteiger partial charge in [0.2, 0.25) is 0 Å². The van der Waals surface area contributed by atoms with E-state index in [4.69, 9.17) is 4.99 Å². The lowest BCUT2D eigenvalue weighted by atomic mass is 9.94. The molecule has 2 heteroatoms. The number of amidine groups is 1. The number of allylic oxidation sites excluding steroid dienone is 1. The van der Waals surface area contributed by atoms with Crippen molar-refractivity contribution in [3.8, 4) is 0 Å². The van der Waals surface area contributed by atoms with Crippen LogP contribution in [0.4, 0.5) is 5.69 Å². The van der Waals surface area contributed by atoms with Gasteiger partial charge in [-0.1, -0.05) is 74.0 Å². The second-order valence-electron chi connectivity index (χ2n) is 9.33. The predicted molar refractivity (Wildman–Crippen MR) is 141 cm³/mol. The highest BCUT2D eigenvalue weighted by molar-refractivity contribution is 6.09. The number of hydrogen-bond donors (Lipinski definition) is 1. The van der Waals surface area contributed by atoms with Crippen LogP contribution in [0.15, 0.2) is 71.2 Å². The van der Waals surface area contributed by atoms with Gasteiger partial charge in [-0.3, -0.25) is 4.99 Å². The van der Waals surface area contributed by atoms with Crippen LogP contribution in [0.2, 0.25) is 0 Å². The number of hydrogen-bond acceptors (Lipinski definition) is 2. The minimum absolute atomic E-state index is 0.836. The summed E-state index contributed by atoms with van der Waals surface area (Å²) in [6.45, 7) is 5.35. The Bertz CT molecular complexity index is 1200. The van der Waals surface area contributed by atoms with E-state index >= 15 is 0 Å². The molecule has 0 fully saturated rings. The lowest BCUT2D eigenvalue weighted by molar-refractivity contribution is 0.818. The van der Waals surface area contributed by atoms with Crippen molar-refractivity contribution in [3.05, 3.63) is 105 Å². The summed E-state index contributed by atoms with van der Waals surface area (Å²) in [5, 5.41) is 3.74. The summed E-state index contributed by atoms with van der Waals surface area (Å²) in [7, 11) is 0. The van der Waals surface area contributed by atoms with E-state index in [-0.39, 0.29) is 0 Å². The number of nitrogens with one attached hydrogen (secondary N) is 1. The number of nitrogens with zero attached hydrogens (tertiary/aromatic N) is 1. The first-order chi connectivity index (χ1) is 16.2. The Morgan fingerprint density at radius 1 is 0.879 bits per heavy atom. The van der Waals surface area contributed by atoms with Gasteiger partial charge in [-0.15, -0.1) is 0 Å². The monoisotopic (exact) mass is 434 g/mol. The highest BCUT2D eigenvalue weighted by atomic mass is 15.0. The van der Waals surface area contributed by atoms with Gasteiger partial charge >= 0.3 is 0 Å². The fourth-order valence-electron chi connectivity index (χ4n) is 5.20. The molecule has 3 aromatic rings. The lowest BCUT2D eigenvalue weighted by Crippen LogP contribution is -2.14. The molecule has 2 nitrogen and oxygen atoms in total. The Morgan fingerprint density at radius 2 is 1.73 bits per heavy atom. The lowest BCUT2D eigenvalue weighted by Gasteiger charge is -2.17. The maximum atomic E-state index is 4.96. The van der Waals surface area contributed by atoms with Crippen LogP contribution in [0, 0.1) is 0 Å². The van der Waals surface area contributed by atoms with Crippen molar-refractivity contribution in [3.63, 3.8) is 0 Å². The number of rotatable bonds is 7. The van der Waals surface area contributed by atoms with Gasteiger partial charge < -0.3 is 5.32 Å². The minimum atomic E-state index is 0.836. The first kappa shape index (κ1) is 21.7. The minimum Gasteiger partial charge on any atom is -0.340 e. The van der Waals surface area contributed by atoms with E-state index in [2.05, 4.69) is 85.9 Å². The Kier molecular flexibility index (Phi) is 6.44. The van der Waals surface area contributed by atoms with Gasteiger partial charge in [-0.25, -0.2) is 0 Å². The number of aliphatic imine (C=N–C) groups is 1. The van der Waals surface area contributed by atoms with E-state index in [1.54, 1.807) is 0 Å². The zero-order chi connectivity index (χ0) is 22.6. The van der Waals surface area contributed by atoms with Crippen LogP contribution in [0.1, 0.15) is 65.6 Å². The third-order valence-corrected chi connectivity index (χ3v) is 7.09. The Morgan fingerprint density at radius 3 is 2.55 bits per heavy atom. The highest BCUT2D eigenvalue weighted by Crippen LogP contribution is 2.30. The average molecular weight is 435 g/mol. The molecule has 0 amide bonds. The van der Waals surface area contributed by atoms with E-state index in [1.165, 1.54) is 56.6 Å². The normalized spacial score (nSPS) is 14.6. The topological polar surface area (TPSA) is 24.4 Å². The Hall–Kier alpha value is -3.13. The van der Waals surface area contributed by atoms with Gasteiger partial charge in [0.05, 0.1) is 0 Å². The van der Waals surface area contributed by atoms with Gasteiger partial charge in [-0.05, 0) is 90.5 Å². The molecule has 0 radical (unpaired) electrons. The molecule has 2 aliphatic rings. The smallest absolute Gasteiger partial charge is 0.132 e. The molecule has 0 saturated carbocycles. The number of aryl methyl sites for hydroxylation is 3. The van der Waals surface area contributed by atoms with Crippen LogP contribution in [0.25, 0.3) is 6.08 Å². The Labute approximate surface area is 198 Å². The van der Waals surface area contributed by atoms with Crippen LogP contribution in [-0.4, -0.2) is 12.4 Å². The number of benzene rings is 3. The molecule has 33 heavy (non-hydrogen) atoms.